The van der Waals surface area contributed by atoms with E-state index < -0.39 is 11.9 Å². The summed E-state index contributed by atoms with van der Waals surface area (Å²) in [6.45, 7) is 0. The minimum Gasteiger partial charge on any atom is -0.345 e. The average molecular weight is 157 g/mol. The van der Waals surface area contributed by atoms with Gasteiger partial charge in [0.2, 0.25) is 0 Å². The third-order valence-electron chi connectivity index (χ3n) is 0.737. The van der Waals surface area contributed by atoms with Gasteiger partial charge >= 0.3 is 11.9 Å². The second-order valence-electron chi connectivity index (χ2n) is 1.48. The van der Waals surface area contributed by atoms with E-state index in [2.05, 4.69) is 4.89 Å². The summed E-state index contributed by atoms with van der Waals surface area (Å²) >= 11 is 0. The molecule has 0 aromatic rings. The van der Waals surface area contributed by atoms with Gasteiger partial charge in [0.1, 0.15) is 0 Å². The van der Waals surface area contributed by atoms with Crippen molar-refractivity contribution in [2.45, 2.75) is 11.9 Å². The van der Waals surface area contributed by atoms with Crippen molar-refractivity contribution in [3.63, 3.8) is 0 Å². The van der Waals surface area contributed by atoms with Crippen molar-refractivity contribution in [1.82, 2.24) is 5.48 Å². The van der Waals surface area contributed by atoms with Crippen LogP contribution in [-0.2, 0) is 4.89 Å². The van der Waals surface area contributed by atoms with Crippen LogP contribution in [0.1, 0.15) is 0 Å². The van der Waals surface area contributed by atoms with Gasteiger partial charge in [-0.25, -0.2) is 5.26 Å². The van der Waals surface area contributed by atoms with Crippen molar-refractivity contribution in [2.75, 3.05) is 0 Å². The van der Waals surface area contributed by atoms with Gasteiger partial charge in [-0.1, -0.05) is 0 Å². The summed E-state index contributed by atoms with van der Waals surface area (Å²) in [6.07, 6.45) is 0. The molecule has 0 saturated heterocycles. The van der Waals surface area contributed by atoms with E-state index in [1.165, 1.54) is 0 Å². The molecule has 10 heavy (non-hydrogen) atoms. The summed E-state index contributed by atoms with van der Waals surface area (Å²) in [5.41, 5.74) is 0.659. The predicted molar refractivity (Wildman–Crippen MR) is 23.0 cm³/mol. The first-order valence-electron chi connectivity index (χ1n) is 2.00. The highest BCUT2D eigenvalue weighted by Crippen LogP contribution is 2.12. The second-order valence-corrected chi connectivity index (χ2v) is 1.48. The van der Waals surface area contributed by atoms with Gasteiger partial charge in [0.15, 0.2) is 0 Å². The lowest BCUT2D eigenvalue weighted by Gasteiger charge is -2.28. The molecule has 0 fully saturated rings. The molecule has 0 amide bonds. The Kier molecular flexibility index (Phi) is 2.65. The van der Waals surface area contributed by atoms with E-state index in [0.717, 1.165) is 0 Å². The highest BCUT2D eigenvalue weighted by molar-refractivity contribution is 4.64. The molecule has 0 spiro atoms. The molecule has 0 aliphatic heterocycles. The Labute approximate surface area is 54.4 Å². The molecule has 0 atom stereocenters. The topological polar surface area (TPSA) is 143 Å². The number of aliphatic hydroxyl groups is 4. The zero-order valence-electron chi connectivity index (χ0n) is 4.59. The van der Waals surface area contributed by atoms with Gasteiger partial charge in [0.25, 0.3) is 0 Å². The van der Waals surface area contributed by atoms with E-state index in [-0.39, 0.29) is 0 Å². The number of hydrogen-bond donors (Lipinski definition) is 7. The number of nitrogens with one attached hydrogen (secondary N) is 1. The van der Waals surface area contributed by atoms with Crippen LogP contribution in [0.4, 0.5) is 0 Å². The SMILES string of the molecule is ONC(O)(O)C(O)(O)OO. The van der Waals surface area contributed by atoms with E-state index in [1.54, 1.807) is 0 Å². The van der Waals surface area contributed by atoms with Crippen LogP contribution in [0.2, 0.25) is 0 Å². The van der Waals surface area contributed by atoms with Crippen molar-refractivity contribution >= 4 is 0 Å². The van der Waals surface area contributed by atoms with Crippen LogP contribution in [0.15, 0.2) is 0 Å². The molecule has 0 unspecified atom stereocenters. The van der Waals surface area contributed by atoms with E-state index in [9.17, 15) is 0 Å². The zero-order chi connectivity index (χ0) is 8.41. The Bertz CT molecular complexity index is 96.2. The Morgan fingerprint density at radius 1 is 1.10 bits per heavy atom. The first-order valence-corrected chi connectivity index (χ1v) is 2.00. The largest absolute Gasteiger partial charge is 0.380 e. The van der Waals surface area contributed by atoms with Crippen molar-refractivity contribution in [1.29, 1.82) is 0 Å². The molecule has 7 N–H and O–H groups in total. The molecule has 8 heteroatoms. The van der Waals surface area contributed by atoms with Crippen LogP contribution in [0.25, 0.3) is 0 Å². The Hall–Kier alpha value is -0.320. The van der Waals surface area contributed by atoms with Crippen LogP contribution in [0, 0.1) is 0 Å². The summed E-state index contributed by atoms with van der Waals surface area (Å²) in [7, 11) is 0. The third kappa shape index (κ3) is 1.59. The zero-order valence-corrected chi connectivity index (χ0v) is 4.59. The van der Waals surface area contributed by atoms with Gasteiger partial charge in [-0.2, -0.15) is 4.89 Å². The van der Waals surface area contributed by atoms with Crippen molar-refractivity contribution < 1.29 is 35.8 Å². The summed E-state index contributed by atoms with van der Waals surface area (Å²) in [5.74, 6) is -7.27. The standard InChI is InChI=1S/C2H7NO7/c4-1(5,3-8)2(6,7)10-9/h3-9H. The van der Waals surface area contributed by atoms with Gasteiger partial charge in [0.05, 0.1) is 0 Å². The minimum atomic E-state index is -3.71. The van der Waals surface area contributed by atoms with Gasteiger partial charge in [-0.15, -0.1) is 5.48 Å². The fourth-order valence-corrected chi connectivity index (χ4v) is 0.136. The summed E-state index contributed by atoms with van der Waals surface area (Å²) in [6, 6.07) is 0. The number of rotatable bonds is 3. The lowest BCUT2D eigenvalue weighted by molar-refractivity contribution is -0.555. The third-order valence-corrected chi connectivity index (χ3v) is 0.737. The van der Waals surface area contributed by atoms with Crippen molar-refractivity contribution in [2.24, 2.45) is 0 Å². The maximum atomic E-state index is 8.26. The molecule has 0 heterocycles. The van der Waals surface area contributed by atoms with E-state index in [1.807, 2.05) is 0 Å². The van der Waals surface area contributed by atoms with Gasteiger partial charge in [-0.3, -0.25) is 0 Å². The van der Waals surface area contributed by atoms with Crippen LogP contribution in [0.5, 0.6) is 0 Å². The summed E-state index contributed by atoms with van der Waals surface area (Å²) in [5, 5.41) is 48.3. The average Bonchev–Trinajstić information content (AvgIpc) is 1.88. The van der Waals surface area contributed by atoms with E-state index in [4.69, 9.17) is 30.9 Å². The number of hydrogen-bond acceptors (Lipinski definition) is 8. The molecular formula is C2H7NO7. The molecule has 0 aromatic heterocycles. The Morgan fingerprint density at radius 3 is 1.60 bits per heavy atom. The monoisotopic (exact) mass is 157 g/mol. The van der Waals surface area contributed by atoms with Crippen LogP contribution in [-0.4, -0.2) is 42.8 Å². The van der Waals surface area contributed by atoms with Gasteiger partial charge in [-0.05, 0) is 0 Å². The lowest BCUT2D eigenvalue weighted by atomic mass is 10.4. The van der Waals surface area contributed by atoms with Gasteiger partial charge in [0, 0.05) is 0 Å². The summed E-state index contributed by atoms with van der Waals surface area (Å²) in [4.78, 5) is 2.78. The molecule has 0 rings (SSSR count). The van der Waals surface area contributed by atoms with Crippen molar-refractivity contribution in [3.05, 3.63) is 0 Å². The predicted octanol–water partition coefficient (Wildman–Crippen LogP) is -3.27. The maximum Gasteiger partial charge on any atom is 0.380 e. The van der Waals surface area contributed by atoms with Crippen LogP contribution < -0.4 is 5.48 Å². The van der Waals surface area contributed by atoms with Crippen LogP contribution >= 0.6 is 0 Å². The molecule has 0 aliphatic rings. The Balaban J connectivity index is 4.28. The molecule has 0 aromatic carbocycles. The highest BCUT2D eigenvalue weighted by atomic mass is 17.2. The molecule has 0 bridgehead atoms. The molecule has 0 aliphatic carbocycles. The maximum absolute atomic E-state index is 8.26. The smallest absolute Gasteiger partial charge is 0.345 e. The Morgan fingerprint density at radius 2 is 1.50 bits per heavy atom. The molecule has 0 radical (unpaired) electrons. The minimum absolute atomic E-state index is 0.659. The molecular weight excluding hydrogens is 150 g/mol. The first kappa shape index (κ1) is 9.68. The number of hydroxylamine groups is 1. The molecule has 0 saturated carbocycles. The van der Waals surface area contributed by atoms with Gasteiger partial charge < -0.3 is 25.6 Å². The van der Waals surface area contributed by atoms with Crippen LogP contribution in [0.3, 0.4) is 0 Å². The lowest BCUT2D eigenvalue weighted by Crippen LogP contribution is -2.63. The fraction of sp³-hybridized carbons (Fsp3) is 1.00. The fourth-order valence-electron chi connectivity index (χ4n) is 0.136. The summed E-state index contributed by atoms with van der Waals surface area (Å²) < 4.78 is 0. The second kappa shape index (κ2) is 2.74. The van der Waals surface area contributed by atoms with E-state index >= 15 is 0 Å². The van der Waals surface area contributed by atoms with E-state index in [0.29, 0.717) is 5.48 Å². The molecule has 8 nitrogen and oxygen atoms in total. The molecule has 62 valence electrons. The highest BCUT2D eigenvalue weighted by Gasteiger charge is 2.50. The normalized spacial score (nSPS) is 13.8. The first-order chi connectivity index (χ1) is 4.37. The van der Waals surface area contributed by atoms with Crippen molar-refractivity contribution in [3.8, 4) is 0 Å². The quantitative estimate of drug-likeness (QED) is 0.128.